The minimum Gasteiger partial charge on any atom is -0.468 e. The molecule has 1 atom stereocenters. The van der Waals surface area contributed by atoms with Crippen LogP contribution >= 0.6 is 0 Å². The van der Waals surface area contributed by atoms with Crippen LogP contribution in [0.1, 0.15) is 43.0 Å². The molecule has 4 heterocycles. The van der Waals surface area contributed by atoms with E-state index in [1.54, 1.807) is 6.26 Å². The van der Waals surface area contributed by atoms with E-state index in [1.165, 1.54) is 31.2 Å². The maximum atomic E-state index is 5.71. The molecule has 4 rings (SSSR count). The molecule has 2 aliphatic heterocycles. The first-order chi connectivity index (χ1) is 14.3. The average Bonchev–Trinajstić information content (AvgIpc) is 3.54. The lowest BCUT2D eigenvalue weighted by Crippen LogP contribution is -2.42. The Morgan fingerprint density at radius 1 is 1.14 bits per heavy atom. The van der Waals surface area contributed by atoms with Crippen molar-refractivity contribution in [3.63, 3.8) is 0 Å². The first-order valence-corrected chi connectivity index (χ1v) is 10.8. The lowest BCUT2D eigenvalue weighted by molar-refractivity contribution is 0.215. The summed E-state index contributed by atoms with van der Waals surface area (Å²) in [6, 6.07) is 8.51. The number of rotatable bonds is 7. The molecule has 2 N–H and O–H groups in total. The van der Waals surface area contributed by atoms with Crippen LogP contribution < -0.4 is 15.5 Å². The summed E-state index contributed by atoms with van der Waals surface area (Å²) in [5.74, 6) is 2.90. The van der Waals surface area contributed by atoms with Gasteiger partial charge in [0, 0.05) is 39.4 Å². The number of guanidine groups is 1. The van der Waals surface area contributed by atoms with Crippen LogP contribution in [0.4, 0.5) is 5.82 Å². The Hall–Kier alpha value is -2.54. The highest BCUT2D eigenvalue weighted by molar-refractivity contribution is 5.79. The van der Waals surface area contributed by atoms with E-state index in [-0.39, 0.29) is 6.04 Å². The normalized spacial score (nSPS) is 18.9. The van der Waals surface area contributed by atoms with Gasteiger partial charge < -0.3 is 20.0 Å². The number of pyridine rings is 1. The lowest BCUT2D eigenvalue weighted by Gasteiger charge is -2.26. The molecule has 1 unspecified atom stereocenters. The molecule has 2 fully saturated rings. The molecule has 7 nitrogen and oxygen atoms in total. The Morgan fingerprint density at radius 2 is 1.93 bits per heavy atom. The third kappa shape index (κ3) is 5.09. The van der Waals surface area contributed by atoms with Crippen molar-refractivity contribution in [2.75, 3.05) is 44.7 Å². The Kier molecular flexibility index (Phi) is 6.67. The quantitative estimate of drug-likeness (QED) is 0.554. The molecule has 2 aromatic rings. The van der Waals surface area contributed by atoms with Crippen LogP contribution in [0.3, 0.4) is 0 Å². The molecule has 29 heavy (non-hydrogen) atoms. The third-order valence-corrected chi connectivity index (χ3v) is 5.84. The van der Waals surface area contributed by atoms with Gasteiger partial charge in [-0.1, -0.05) is 0 Å². The maximum absolute atomic E-state index is 5.71. The van der Waals surface area contributed by atoms with Crippen LogP contribution in [0.15, 0.2) is 46.1 Å². The number of anilines is 1. The SMILES string of the molecule is CN=C(NCc1ccnc(N2CCCC2)c1)NCC(c1ccco1)N1CCCC1. The summed E-state index contributed by atoms with van der Waals surface area (Å²) in [5, 5.41) is 6.92. The van der Waals surface area contributed by atoms with E-state index in [2.05, 4.69) is 48.6 Å². The van der Waals surface area contributed by atoms with E-state index < -0.39 is 0 Å². The summed E-state index contributed by atoms with van der Waals surface area (Å²) in [6.45, 7) is 5.95. The van der Waals surface area contributed by atoms with Crippen molar-refractivity contribution in [1.82, 2.24) is 20.5 Å². The van der Waals surface area contributed by atoms with Crippen molar-refractivity contribution >= 4 is 11.8 Å². The molecule has 7 heteroatoms. The van der Waals surface area contributed by atoms with Crippen LogP contribution in [0.2, 0.25) is 0 Å². The van der Waals surface area contributed by atoms with E-state index in [0.29, 0.717) is 0 Å². The molecule has 0 saturated carbocycles. The fourth-order valence-corrected chi connectivity index (χ4v) is 4.23. The Bertz CT molecular complexity index is 778. The van der Waals surface area contributed by atoms with Crippen molar-refractivity contribution in [3.8, 4) is 0 Å². The third-order valence-electron chi connectivity index (χ3n) is 5.84. The van der Waals surface area contributed by atoms with E-state index in [0.717, 1.165) is 56.8 Å². The molecule has 0 amide bonds. The first-order valence-electron chi connectivity index (χ1n) is 10.8. The molecule has 2 saturated heterocycles. The summed E-state index contributed by atoms with van der Waals surface area (Å²) in [4.78, 5) is 13.8. The molecular weight excluding hydrogens is 364 g/mol. The van der Waals surface area contributed by atoms with Crippen molar-refractivity contribution in [1.29, 1.82) is 0 Å². The van der Waals surface area contributed by atoms with Crippen molar-refractivity contribution in [3.05, 3.63) is 48.0 Å². The smallest absolute Gasteiger partial charge is 0.191 e. The van der Waals surface area contributed by atoms with Gasteiger partial charge in [-0.2, -0.15) is 0 Å². The van der Waals surface area contributed by atoms with Crippen molar-refractivity contribution < 1.29 is 4.42 Å². The van der Waals surface area contributed by atoms with Crippen LogP contribution in [0.25, 0.3) is 0 Å². The van der Waals surface area contributed by atoms with E-state index in [9.17, 15) is 0 Å². The first kappa shape index (κ1) is 19.8. The van der Waals surface area contributed by atoms with Crippen molar-refractivity contribution in [2.24, 2.45) is 4.99 Å². The second-order valence-corrected chi connectivity index (χ2v) is 7.80. The number of hydrogen-bond donors (Lipinski definition) is 2. The molecule has 2 aromatic heterocycles. The second-order valence-electron chi connectivity index (χ2n) is 7.80. The molecule has 2 aliphatic rings. The van der Waals surface area contributed by atoms with Crippen LogP contribution in [0.5, 0.6) is 0 Å². The highest BCUT2D eigenvalue weighted by Gasteiger charge is 2.25. The zero-order valence-electron chi connectivity index (χ0n) is 17.3. The van der Waals surface area contributed by atoms with E-state index >= 15 is 0 Å². The van der Waals surface area contributed by atoms with Crippen LogP contribution in [-0.2, 0) is 6.54 Å². The number of aliphatic imine (C=N–C) groups is 1. The van der Waals surface area contributed by atoms with Gasteiger partial charge in [0.2, 0.25) is 0 Å². The molecule has 0 aromatic carbocycles. The van der Waals surface area contributed by atoms with Crippen LogP contribution in [0, 0.1) is 0 Å². The van der Waals surface area contributed by atoms with E-state index in [4.69, 9.17) is 4.42 Å². The fraction of sp³-hybridized carbons (Fsp3) is 0.545. The average molecular weight is 397 g/mol. The Morgan fingerprint density at radius 3 is 2.66 bits per heavy atom. The van der Waals surface area contributed by atoms with Gasteiger partial charge >= 0.3 is 0 Å². The van der Waals surface area contributed by atoms with Gasteiger partial charge in [-0.15, -0.1) is 0 Å². The Labute approximate surface area is 173 Å². The van der Waals surface area contributed by atoms with E-state index in [1.807, 2.05) is 19.3 Å². The number of furan rings is 1. The zero-order valence-corrected chi connectivity index (χ0v) is 17.3. The zero-order chi connectivity index (χ0) is 19.9. The highest BCUT2D eigenvalue weighted by Crippen LogP contribution is 2.25. The number of nitrogens with one attached hydrogen (secondary N) is 2. The van der Waals surface area contributed by atoms with Gasteiger partial charge in [0.15, 0.2) is 5.96 Å². The monoisotopic (exact) mass is 396 g/mol. The Balaban J connectivity index is 1.33. The topological polar surface area (TPSA) is 68.9 Å². The predicted molar refractivity (Wildman–Crippen MR) is 116 cm³/mol. The van der Waals surface area contributed by atoms with Gasteiger partial charge in [-0.05, 0) is 68.6 Å². The lowest BCUT2D eigenvalue weighted by atomic mass is 10.2. The van der Waals surface area contributed by atoms with Gasteiger partial charge in [-0.25, -0.2) is 4.98 Å². The number of aromatic nitrogens is 1. The molecule has 0 aliphatic carbocycles. The minimum absolute atomic E-state index is 0.230. The summed E-state index contributed by atoms with van der Waals surface area (Å²) < 4.78 is 5.71. The molecule has 156 valence electrons. The maximum Gasteiger partial charge on any atom is 0.191 e. The summed E-state index contributed by atoms with van der Waals surface area (Å²) in [5.41, 5.74) is 1.21. The second kappa shape index (κ2) is 9.78. The largest absolute Gasteiger partial charge is 0.468 e. The molecular formula is C22H32N6O. The number of hydrogen-bond acceptors (Lipinski definition) is 5. The summed E-state index contributed by atoms with van der Waals surface area (Å²) >= 11 is 0. The molecule has 0 bridgehead atoms. The standard InChI is InChI=1S/C22H32N6O/c1-23-22(25-16-18-8-9-24-21(15-18)28-12-4-5-13-28)26-17-19(20-7-6-14-29-20)27-10-2-3-11-27/h6-9,14-15,19H,2-5,10-13,16-17H2,1H3,(H2,23,25,26). The van der Waals surface area contributed by atoms with Gasteiger partial charge in [0.25, 0.3) is 0 Å². The predicted octanol–water partition coefficient (Wildman–Crippen LogP) is 2.78. The summed E-state index contributed by atoms with van der Waals surface area (Å²) in [7, 11) is 1.81. The van der Waals surface area contributed by atoms with Crippen LogP contribution in [-0.4, -0.2) is 55.6 Å². The summed E-state index contributed by atoms with van der Waals surface area (Å²) in [6.07, 6.45) is 8.69. The minimum atomic E-state index is 0.230. The highest BCUT2D eigenvalue weighted by atomic mass is 16.3. The van der Waals surface area contributed by atoms with Gasteiger partial charge in [-0.3, -0.25) is 9.89 Å². The fourth-order valence-electron chi connectivity index (χ4n) is 4.23. The number of likely N-dealkylation sites (tertiary alicyclic amines) is 1. The molecule has 0 spiro atoms. The molecule has 0 radical (unpaired) electrons. The van der Waals surface area contributed by atoms with Gasteiger partial charge in [0.1, 0.15) is 11.6 Å². The number of nitrogens with zero attached hydrogens (tertiary/aromatic N) is 4. The van der Waals surface area contributed by atoms with Crippen molar-refractivity contribution in [2.45, 2.75) is 38.3 Å². The van der Waals surface area contributed by atoms with Gasteiger partial charge in [0.05, 0.1) is 12.3 Å².